The maximum Gasteiger partial charge on any atom is -0.0114 e. The molecule has 0 rings (SSSR count). The third-order valence-corrected chi connectivity index (χ3v) is 1.75. The molecule has 0 bridgehead atoms. The summed E-state index contributed by atoms with van der Waals surface area (Å²) in [5.74, 6) is 0.666. The Morgan fingerprint density at radius 2 is 2.00 bits per heavy atom. The summed E-state index contributed by atoms with van der Waals surface area (Å²) in [5.41, 5.74) is 2.83. The van der Waals surface area contributed by atoms with Crippen LogP contribution in [0, 0.1) is 5.92 Å². The molecule has 0 saturated carbocycles. The molecule has 0 nitrogen and oxygen atoms in total. The van der Waals surface area contributed by atoms with Crippen LogP contribution in [0.3, 0.4) is 0 Å². The Morgan fingerprint density at radius 1 is 1.42 bits per heavy atom. The van der Waals surface area contributed by atoms with Crippen LogP contribution in [0.1, 0.15) is 47.0 Å². The van der Waals surface area contributed by atoms with Gasteiger partial charge < -0.3 is 0 Å². The molecule has 0 aliphatic rings. The summed E-state index contributed by atoms with van der Waals surface area (Å²) in [6, 6.07) is 0. The van der Waals surface area contributed by atoms with Crippen molar-refractivity contribution in [3.63, 3.8) is 0 Å². The van der Waals surface area contributed by atoms with E-state index in [2.05, 4.69) is 40.3 Å². The van der Waals surface area contributed by atoms with E-state index in [1.54, 1.807) is 0 Å². The molecule has 0 spiro atoms. The van der Waals surface area contributed by atoms with Gasteiger partial charge in [0.1, 0.15) is 0 Å². The van der Waals surface area contributed by atoms with Gasteiger partial charge in [-0.3, -0.25) is 0 Å². The third-order valence-electron chi connectivity index (χ3n) is 1.75. The molecule has 0 radical (unpaired) electrons. The standard InChI is InChI=1S/C12H22/c1-6-7-11(4)9-12(5)8-10(2)3/h8,10H,4,6-7,9H2,1-3,5H3. The number of hydrogen-bond donors (Lipinski definition) is 0. The van der Waals surface area contributed by atoms with Crippen LogP contribution >= 0.6 is 0 Å². The highest BCUT2D eigenvalue weighted by atomic mass is 14.0. The monoisotopic (exact) mass is 166 g/mol. The molecule has 0 unspecified atom stereocenters. The van der Waals surface area contributed by atoms with Crippen molar-refractivity contribution in [3.8, 4) is 0 Å². The van der Waals surface area contributed by atoms with Gasteiger partial charge in [0.25, 0.3) is 0 Å². The molecule has 0 heteroatoms. The van der Waals surface area contributed by atoms with Gasteiger partial charge in [-0.25, -0.2) is 0 Å². The molecule has 70 valence electrons. The fraction of sp³-hybridized carbons (Fsp3) is 0.667. The normalized spacial score (nSPS) is 12.2. The van der Waals surface area contributed by atoms with Crippen LogP contribution in [-0.4, -0.2) is 0 Å². The minimum atomic E-state index is 0.666. The van der Waals surface area contributed by atoms with Crippen molar-refractivity contribution >= 4 is 0 Å². The number of rotatable bonds is 5. The largest absolute Gasteiger partial charge is 0.0995 e. The Labute approximate surface area is 77.4 Å². The smallest absolute Gasteiger partial charge is 0.0114 e. The zero-order chi connectivity index (χ0) is 9.56. The quantitative estimate of drug-likeness (QED) is 0.533. The van der Waals surface area contributed by atoms with E-state index < -0.39 is 0 Å². The van der Waals surface area contributed by atoms with Crippen molar-refractivity contribution < 1.29 is 0 Å². The highest BCUT2D eigenvalue weighted by Crippen LogP contribution is 2.15. The van der Waals surface area contributed by atoms with Crippen molar-refractivity contribution in [2.24, 2.45) is 5.92 Å². The predicted octanol–water partition coefficient (Wildman–Crippen LogP) is 4.34. The second-order valence-electron chi connectivity index (χ2n) is 3.93. The summed E-state index contributed by atoms with van der Waals surface area (Å²) in [4.78, 5) is 0. The van der Waals surface area contributed by atoms with Crippen LogP contribution in [0.5, 0.6) is 0 Å². The van der Waals surface area contributed by atoms with Crippen molar-refractivity contribution in [2.75, 3.05) is 0 Å². The molecule has 0 aromatic carbocycles. The first-order chi connectivity index (χ1) is 5.56. The summed E-state index contributed by atoms with van der Waals surface area (Å²) in [5, 5.41) is 0. The summed E-state index contributed by atoms with van der Waals surface area (Å²) in [6.45, 7) is 12.9. The maximum absolute atomic E-state index is 4.05. The molecule has 0 saturated heterocycles. The van der Waals surface area contributed by atoms with Crippen molar-refractivity contribution in [1.82, 2.24) is 0 Å². The number of hydrogen-bond acceptors (Lipinski definition) is 0. The number of allylic oxidation sites excluding steroid dienone is 3. The fourth-order valence-electron chi connectivity index (χ4n) is 1.46. The van der Waals surface area contributed by atoms with E-state index in [0.717, 1.165) is 6.42 Å². The lowest BCUT2D eigenvalue weighted by molar-refractivity contribution is 0.806. The van der Waals surface area contributed by atoms with Crippen LogP contribution in [0.25, 0.3) is 0 Å². The molecule has 0 aromatic rings. The van der Waals surface area contributed by atoms with E-state index in [4.69, 9.17) is 0 Å². The van der Waals surface area contributed by atoms with Gasteiger partial charge in [0.05, 0.1) is 0 Å². The van der Waals surface area contributed by atoms with E-state index in [9.17, 15) is 0 Å². The molecule has 12 heavy (non-hydrogen) atoms. The predicted molar refractivity (Wildman–Crippen MR) is 57.3 cm³/mol. The van der Waals surface area contributed by atoms with Crippen molar-refractivity contribution in [1.29, 1.82) is 0 Å². The first-order valence-electron chi connectivity index (χ1n) is 4.90. The molecular weight excluding hydrogens is 144 g/mol. The Balaban J connectivity index is 3.83. The summed E-state index contributed by atoms with van der Waals surface area (Å²) >= 11 is 0. The summed E-state index contributed by atoms with van der Waals surface area (Å²) in [6.07, 6.45) is 5.80. The molecule has 0 atom stereocenters. The lowest BCUT2D eigenvalue weighted by Gasteiger charge is -2.05. The van der Waals surface area contributed by atoms with Crippen molar-refractivity contribution in [3.05, 3.63) is 23.8 Å². The molecule has 0 aromatic heterocycles. The zero-order valence-electron chi connectivity index (χ0n) is 8.98. The van der Waals surface area contributed by atoms with Gasteiger partial charge in [-0.15, -0.1) is 0 Å². The molecule has 0 heterocycles. The SMILES string of the molecule is C=C(CCC)CC(C)=CC(C)C. The Hall–Kier alpha value is -0.520. The first-order valence-corrected chi connectivity index (χ1v) is 4.90. The van der Waals surface area contributed by atoms with Gasteiger partial charge in [0, 0.05) is 0 Å². The van der Waals surface area contributed by atoms with E-state index in [1.807, 2.05) is 0 Å². The van der Waals surface area contributed by atoms with E-state index in [0.29, 0.717) is 5.92 Å². The lowest BCUT2D eigenvalue weighted by Crippen LogP contribution is -1.87. The van der Waals surface area contributed by atoms with Crippen LogP contribution in [0.15, 0.2) is 23.8 Å². The Morgan fingerprint density at radius 3 is 2.42 bits per heavy atom. The highest BCUT2D eigenvalue weighted by molar-refractivity contribution is 5.11. The molecule has 0 amide bonds. The van der Waals surface area contributed by atoms with Crippen LogP contribution in [0.2, 0.25) is 0 Å². The second-order valence-corrected chi connectivity index (χ2v) is 3.93. The van der Waals surface area contributed by atoms with Gasteiger partial charge in [0.2, 0.25) is 0 Å². The molecule has 0 aliphatic carbocycles. The zero-order valence-corrected chi connectivity index (χ0v) is 8.98. The minimum absolute atomic E-state index is 0.666. The third kappa shape index (κ3) is 6.21. The van der Waals surface area contributed by atoms with Gasteiger partial charge in [-0.1, -0.05) is 51.0 Å². The summed E-state index contributed by atoms with van der Waals surface area (Å²) in [7, 11) is 0. The van der Waals surface area contributed by atoms with E-state index >= 15 is 0 Å². The topological polar surface area (TPSA) is 0 Å². The van der Waals surface area contributed by atoms with Crippen LogP contribution < -0.4 is 0 Å². The highest BCUT2D eigenvalue weighted by Gasteiger charge is 1.96. The maximum atomic E-state index is 4.05. The van der Waals surface area contributed by atoms with Crippen LogP contribution in [0.4, 0.5) is 0 Å². The molecule has 0 N–H and O–H groups in total. The minimum Gasteiger partial charge on any atom is -0.0995 e. The van der Waals surface area contributed by atoms with Gasteiger partial charge in [0.15, 0.2) is 0 Å². The Bertz CT molecular complexity index is 161. The van der Waals surface area contributed by atoms with Crippen LogP contribution in [-0.2, 0) is 0 Å². The second kappa shape index (κ2) is 6.05. The van der Waals surface area contributed by atoms with Gasteiger partial charge in [-0.2, -0.15) is 0 Å². The molecular formula is C12H22. The van der Waals surface area contributed by atoms with Gasteiger partial charge in [-0.05, 0) is 25.7 Å². The van der Waals surface area contributed by atoms with E-state index in [1.165, 1.54) is 24.0 Å². The average molecular weight is 166 g/mol. The molecule has 0 aliphatic heterocycles. The average Bonchev–Trinajstić information content (AvgIpc) is 1.84. The summed E-state index contributed by atoms with van der Waals surface area (Å²) < 4.78 is 0. The van der Waals surface area contributed by atoms with E-state index in [-0.39, 0.29) is 0 Å². The Kier molecular flexibility index (Phi) is 5.79. The molecule has 0 fully saturated rings. The fourth-order valence-corrected chi connectivity index (χ4v) is 1.46. The van der Waals surface area contributed by atoms with Gasteiger partial charge >= 0.3 is 0 Å². The van der Waals surface area contributed by atoms with Crippen molar-refractivity contribution in [2.45, 2.75) is 47.0 Å². The lowest BCUT2D eigenvalue weighted by atomic mass is 10.0. The first kappa shape index (κ1) is 11.5.